The van der Waals surface area contributed by atoms with E-state index < -0.39 is 0 Å². The lowest BCUT2D eigenvalue weighted by molar-refractivity contribution is -0.131. The van der Waals surface area contributed by atoms with Crippen molar-refractivity contribution in [3.8, 4) is 5.88 Å². The Kier molecular flexibility index (Phi) is 5.15. The first-order valence-corrected chi connectivity index (χ1v) is 6.77. The number of hydrogen-bond donors (Lipinski definition) is 1. The molecule has 1 fully saturated rings. The average Bonchev–Trinajstić information content (AvgIpc) is 2.48. The van der Waals surface area contributed by atoms with Gasteiger partial charge in [0.15, 0.2) is 0 Å². The van der Waals surface area contributed by atoms with Gasteiger partial charge in [-0.05, 0) is 30.9 Å². The number of ether oxygens (including phenoxy) is 1. The summed E-state index contributed by atoms with van der Waals surface area (Å²) in [6, 6.07) is 3.79. The highest BCUT2D eigenvalue weighted by Gasteiger charge is 2.15. The first kappa shape index (κ1) is 13.8. The van der Waals surface area contributed by atoms with Crippen LogP contribution in [-0.4, -0.2) is 42.5 Å². The second-order valence-corrected chi connectivity index (χ2v) is 4.75. The number of nitrogens with one attached hydrogen (secondary N) is 1. The molecule has 0 radical (unpaired) electrons. The zero-order chi connectivity index (χ0) is 13.5. The maximum Gasteiger partial charge on any atom is 0.236 e. The van der Waals surface area contributed by atoms with Crippen molar-refractivity contribution < 1.29 is 9.53 Å². The van der Waals surface area contributed by atoms with E-state index in [0.717, 1.165) is 31.5 Å². The van der Waals surface area contributed by atoms with E-state index in [1.807, 2.05) is 17.0 Å². The number of nitrogens with zero attached hydrogens (tertiary/aromatic N) is 2. The maximum absolute atomic E-state index is 11.9. The Morgan fingerprint density at radius 3 is 2.95 bits per heavy atom. The number of rotatable bonds is 5. The van der Waals surface area contributed by atoms with Crippen LogP contribution < -0.4 is 10.1 Å². The van der Waals surface area contributed by atoms with Gasteiger partial charge >= 0.3 is 0 Å². The van der Waals surface area contributed by atoms with Crippen molar-refractivity contribution in [3.05, 3.63) is 23.9 Å². The van der Waals surface area contributed by atoms with Crippen LogP contribution in [-0.2, 0) is 11.3 Å². The highest BCUT2D eigenvalue weighted by molar-refractivity contribution is 5.78. The maximum atomic E-state index is 11.9. The molecule has 1 saturated heterocycles. The predicted molar refractivity (Wildman–Crippen MR) is 72.9 cm³/mol. The third-order valence-electron chi connectivity index (χ3n) is 3.32. The second kappa shape index (κ2) is 7.09. The molecule has 1 aliphatic rings. The molecule has 5 nitrogen and oxygen atoms in total. The lowest BCUT2D eigenvalue weighted by atomic mass is 10.1. The van der Waals surface area contributed by atoms with Crippen molar-refractivity contribution in [1.82, 2.24) is 15.2 Å². The molecular weight excluding hydrogens is 242 g/mol. The molecule has 0 aromatic carbocycles. The monoisotopic (exact) mass is 263 g/mol. The van der Waals surface area contributed by atoms with Gasteiger partial charge in [0.2, 0.25) is 11.8 Å². The first-order chi connectivity index (χ1) is 9.29. The Balaban J connectivity index is 1.74. The highest BCUT2D eigenvalue weighted by Crippen LogP contribution is 2.09. The van der Waals surface area contributed by atoms with E-state index in [1.165, 1.54) is 6.42 Å². The summed E-state index contributed by atoms with van der Waals surface area (Å²) >= 11 is 0. The van der Waals surface area contributed by atoms with Crippen LogP contribution in [0.4, 0.5) is 0 Å². The number of aromatic nitrogens is 1. The van der Waals surface area contributed by atoms with Crippen molar-refractivity contribution in [1.29, 1.82) is 0 Å². The molecule has 5 heteroatoms. The van der Waals surface area contributed by atoms with E-state index >= 15 is 0 Å². The number of amides is 1. The molecule has 19 heavy (non-hydrogen) atoms. The third kappa shape index (κ3) is 4.21. The zero-order valence-corrected chi connectivity index (χ0v) is 11.4. The van der Waals surface area contributed by atoms with Crippen LogP contribution in [0.5, 0.6) is 5.88 Å². The number of methoxy groups -OCH3 is 1. The summed E-state index contributed by atoms with van der Waals surface area (Å²) in [6.45, 7) is 2.86. The SMILES string of the molecule is COc1cc(CNCC(=O)N2CCCCC2)ccn1. The molecule has 1 N–H and O–H groups in total. The number of carbonyl (C=O) groups excluding carboxylic acids is 1. The van der Waals surface area contributed by atoms with Crippen molar-refractivity contribution in [2.24, 2.45) is 0 Å². The standard InChI is InChI=1S/C14H21N3O2/c1-19-13-9-12(5-6-16-13)10-15-11-14(18)17-7-3-2-4-8-17/h5-6,9,15H,2-4,7-8,10-11H2,1H3. The fourth-order valence-corrected chi connectivity index (χ4v) is 2.24. The summed E-state index contributed by atoms with van der Waals surface area (Å²) < 4.78 is 5.06. The molecule has 1 amide bonds. The molecule has 0 saturated carbocycles. The molecule has 1 aromatic rings. The third-order valence-corrected chi connectivity index (χ3v) is 3.32. The van der Waals surface area contributed by atoms with Gasteiger partial charge in [0, 0.05) is 31.9 Å². The Morgan fingerprint density at radius 2 is 2.21 bits per heavy atom. The molecule has 0 atom stereocenters. The van der Waals surface area contributed by atoms with Gasteiger partial charge in [-0.25, -0.2) is 4.98 Å². The molecule has 104 valence electrons. The molecule has 0 bridgehead atoms. The van der Waals surface area contributed by atoms with Crippen LogP contribution in [0, 0.1) is 0 Å². The summed E-state index contributed by atoms with van der Waals surface area (Å²) in [5.41, 5.74) is 1.07. The first-order valence-electron chi connectivity index (χ1n) is 6.77. The van der Waals surface area contributed by atoms with Crippen LogP contribution in [0.25, 0.3) is 0 Å². The summed E-state index contributed by atoms with van der Waals surface area (Å²) in [4.78, 5) is 17.9. The molecule has 2 rings (SSSR count). The van der Waals surface area contributed by atoms with Gasteiger partial charge in [0.05, 0.1) is 13.7 Å². The number of piperidine rings is 1. The van der Waals surface area contributed by atoms with Crippen molar-refractivity contribution in [2.75, 3.05) is 26.7 Å². The fourth-order valence-electron chi connectivity index (χ4n) is 2.24. The van der Waals surface area contributed by atoms with E-state index in [1.54, 1.807) is 13.3 Å². The normalized spacial score (nSPS) is 15.3. The van der Waals surface area contributed by atoms with Gasteiger partial charge in [-0.2, -0.15) is 0 Å². The Bertz CT molecular complexity index is 417. The smallest absolute Gasteiger partial charge is 0.236 e. The van der Waals surface area contributed by atoms with Gasteiger partial charge in [-0.3, -0.25) is 4.79 Å². The van der Waals surface area contributed by atoms with Gasteiger partial charge < -0.3 is 15.0 Å². The molecule has 1 aromatic heterocycles. The lowest BCUT2D eigenvalue weighted by Crippen LogP contribution is -2.40. The van der Waals surface area contributed by atoms with E-state index in [2.05, 4.69) is 10.3 Å². The van der Waals surface area contributed by atoms with Gasteiger partial charge in [0.25, 0.3) is 0 Å². The van der Waals surface area contributed by atoms with Crippen molar-refractivity contribution in [2.45, 2.75) is 25.8 Å². The number of carbonyl (C=O) groups is 1. The minimum Gasteiger partial charge on any atom is -0.481 e. The predicted octanol–water partition coefficient (Wildman–Crippen LogP) is 1.19. The summed E-state index contributed by atoms with van der Waals surface area (Å²) in [6.07, 6.45) is 5.22. The minimum atomic E-state index is 0.195. The van der Waals surface area contributed by atoms with Crippen LogP contribution >= 0.6 is 0 Å². The Morgan fingerprint density at radius 1 is 1.42 bits per heavy atom. The van der Waals surface area contributed by atoms with Crippen LogP contribution in [0.1, 0.15) is 24.8 Å². The quantitative estimate of drug-likeness (QED) is 0.867. The topological polar surface area (TPSA) is 54.5 Å². The Labute approximate surface area is 114 Å². The lowest BCUT2D eigenvalue weighted by Gasteiger charge is -2.26. The molecule has 1 aliphatic heterocycles. The molecule has 2 heterocycles. The number of likely N-dealkylation sites (tertiary alicyclic amines) is 1. The largest absolute Gasteiger partial charge is 0.481 e. The van der Waals surface area contributed by atoms with E-state index in [-0.39, 0.29) is 5.91 Å². The van der Waals surface area contributed by atoms with Crippen molar-refractivity contribution >= 4 is 5.91 Å². The number of hydrogen-bond acceptors (Lipinski definition) is 4. The van der Waals surface area contributed by atoms with Crippen molar-refractivity contribution in [3.63, 3.8) is 0 Å². The van der Waals surface area contributed by atoms with E-state index in [4.69, 9.17) is 4.74 Å². The average molecular weight is 263 g/mol. The second-order valence-electron chi connectivity index (χ2n) is 4.75. The minimum absolute atomic E-state index is 0.195. The molecule has 0 unspecified atom stereocenters. The molecular formula is C14H21N3O2. The van der Waals surface area contributed by atoms with E-state index in [9.17, 15) is 4.79 Å². The highest BCUT2D eigenvalue weighted by atomic mass is 16.5. The summed E-state index contributed by atoms with van der Waals surface area (Å²) in [5, 5.41) is 3.18. The zero-order valence-electron chi connectivity index (χ0n) is 11.4. The summed E-state index contributed by atoms with van der Waals surface area (Å²) in [7, 11) is 1.60. The fraction of sp³-hybridized carbons (Fsp3) is 0.571. The van der Waals surface area contributed by atoms with Gasteiger partial charge in [-0.1, -0.05) is 0 Å². The molecule has 0 aliphatic carbocycles. The van der Waals surface area contributed by atoms with Crippen LogP contribution in [0.3, 0.4) is 0 Å². The summed E-state index contributed by atoms with van der Waals surface area (Å²) in [5.74, 6) is 0.794. The Hall–Kier alpha value is -1.62. The van der Waals surface area contributed by atoms with Crippen LogP contribution in [0.15, 0.2) is 18.3 Å². The number of pyridine rings is 1. The van der Waals surface area contributed by atoms with Gasteiger partial charge in [0.1, 0.15) is 0 Å². The van der Waals surface area contributed by atoms with Crippen LogP contribution in [0.2, 0.25) is 0 Å². The van der Waals surface area contributed by atoms with E-state index in [0.29, 0.717) is 19.0 Å². The molecule has 0 spiro atoms. The van der Waals surface area contributed by atoms with Gasteiger partial charge in [-0.15, -0.1) is 0 Å².